The van der Waals surface area contributed by atoms with Crippen LogP contribution in [0.5, 0.6) is 0 Å². The number of amides is 2. The highest BCUT2D eigenvalue weighted by molar-refractivity contribution is 6.21. The molecule has 1 fully saturated rings. The molecular weight excluding hydrogens is 330 g/mol. The van der Waals surface area contributed by atoms with Gasteiger partial charge in [0.2, 0.25) is 11.8 Å². The van der Waals surface area contributed by atoms with E-state index in [4.69, 9.17) is 5.11 Å². The topological polar surface area (TPSA) is 74.7 Å². The standard InChI is InChI=1S/C21H19NO4/c1-14(16-5-3-2-4-6-16)18-13-19(23)22(21(18)26)17-10-7-15(8-11-17)9-12-20(24)25/h2-12,14,18H,13H2,1H3,(H,24,25)/b12-9+/t14-,18-/m0/s1. The maximum Gasteiger partial charge on any atom is 0.328 e. The Morgan fingerprint density at radius 2 is 1.77 bits per heavy atom. The molecule has 0 aliphatic carbocycles. The van der Waals surface area contributed by atoms with Crippen molar-refractivity contribution in [3.63, 3.8) is 0 Å². The van der Waals surface area contributed by atoms with Gasteiger partial charge >= 0.3 is 5.97 Å². The highest BCUT2D eigenvalue weighted by atomic mass is 16.4. The van der Waals surface area contributed by atoms with Crippen molar-refractivity contribution >= 4 is 29.5 Å². The predicted octanol–water partition coefficient (Wildman–Crippen LogP) is 3.47. The molecule has 2 amide bonds. The normalized spacial score (nSPS) is 18.5. The second kappa shape index (κ2) is 7.35. The van der Waals surface area contributed by atoms with Crippen LogP contribution < -0.4 is 4.90 Å². The number of carbonyl (C=O) groups is 3. The van der Waals surface area contributed by atoms with E-state index in [9.17, 15) is 14.4 Å². The van der Waals surface area contributed by atoms with E-state index < -0.39 is 5.97 Å². The Morgan fingerprint density at radius 3 is 2.38 bits per heavy atom. The first-order valence-electron chi connectivity index (χ1n) is 8.40. The van der Waals surface area contributed by atoms with E-state index in [0.29, 0.717) is 11.3 Å². The average molecular weight is 349 g/mol. The molecule has 2 aromatic carbocycles. The van der Waals surface area contributed by atoms with Crippen molar-refractivity contribution in [3.8, 4) is 0 Å². The van der Waals surface area contributed by atoms with E-state index in [1.165, 1.54) is 11.0 Å². The van der Waals surface area contributed by atoms with Crippen LogP contribution in [0, 0.1) is 5.92 Å². The summed E-state index contributed by atoms with van der Waals surface area (Å²) in [7, 11) is 0. The zero-order valence-corrected chi connectivity index (χ0v) is 14.3. The number of nitrogens with zero attached hydrogens (tertiary/aromatic N) is 1. The van der Waals surface area contributed by atoms with Gasteiger partial charge in [-0.25, -0.2) is 4.79 Å². The minimum Gasteiger partial charge on any atom is -0.478 e. The summed E-state index contributed by atoms with van der Waals surface area (Å²) in [5.41, 5.74) is 2.23. The summed E-state index contributed by atoms with van der Waals surface area (Å²) in [5, 5.41) is 8.66. The van der Waals surface area contributed by atoms with Crippen LogP contribution in [0.4, 0.5) is 5.69 Å². The Morgan fingerprint density at radius 1 is 1.12 bits per heavy atom. The van der Waals surface area contributed by atoms with Gasteiger partial charge in [-0.3, -0.25) is 14.5 Å². The van der Waals surface area contributed by atoms with Crippen LogP contribution in [0.1, 0.15) is 30.4 Å². The molecule has 0 unspecified atom stereocenters. The van der Waals surface area contributed by atoms with Crippen LogP contribution in [0.3, 0.4) is 0 Å². The van der Waals surface area contributed by atoms with Crippen molar-refractivity contribution in [2.45, 2.75) is 19.3 Å². The van der Waals surface area contributed by atoms with Crippen molar-refractivity contribution in [2.75, 3.05) is 4.90 Å². The van der Waals surface area contributed by atoms with Gasteiger partial charge in [-0.15, -0.1) is 0 Å². The van der Waals surface area contributed by atoms with Gasteiger partial charge in [0.25, 0.3) is 0 Å². The third-order valence-electron chi connectivity index (χ3n) is 4.68. The molecule has 1 aliphatic heterocycles. The number of rotatable bonds is 5. The summed E-state index contributed by atoms with van der Waals surface area (Å²) in [6.07, 6.45) is 2.69. The maximum absolute atomic E-state index is 12.8. The van der Waals surface area contributed by atoms with Crippen LogP contribution >= 0.6 is 0 Å². The molecule has 5 heteroatoms. The molecule has 1 N–H and O–H groups in total. The molecule has 0 saturated carbocycles. The van der Waals surface area contributed by atoms with Crippen LogP contribution in [0.25, 0.3) is 6.08 Å². The van der Waals surface area contributed by atoms with Gasteiger partial charge in [0.15, 0.2) is 0 Å². The smallest absolute Gasteiger partial charge is 0.328 e. The summed E-state index contributed by atoms with van der Waals surface area (Å²) in [6.45, 7) is 1.97. The third-order valence-corrected chi connectivity index (χ3v) is 4.68. The van der Waals surface area contributed by atoms with Crippen LogP contribution in [0.15, 0.2) is 60.7 Å². The van der Waals surface area contributed by atoms with E-state index in [1.807, 2.05) is 37.3 Å². The lowest BCUT2D eigenvalue weighted by atomic mass is 9.86. The Hall–Kier alpha value is -3.21. The lowest BCUT2D eigenvalue weighted by molar-refractivity contribution is -0.131. The monoisotopic (exact) mass is 349 g/mol. The molecular formula is C21H19NO4. The molecule has 132 valence electrons. The van der Waals surface area contributed by atoms with Gasteiger partial charge in [-0.1, -0.05) is 49.4 Å². The zero-order valence-electron chi connectivity index (χ0n) is 14.3. The summed E-state index contributed by atoms with van der Waals surface area (Å²) < 4.78 is 0. The second-order valence-electron chi connectivity index (χ2n) is 6.34. The molecule has 2 aromatic rings. The van der Waals surface area contributed by atoms with Crippen molar-refractivity contribution in [2.24, 2.45) is 5.92 Å². The molecule has 2 atom stereocenters. The first kappa shape index (κ1) is 17.6. The Labute approximate surface area is 151 Å². The highest BCUT2D eigenvalue weighted by Gasteiger charge is 2.42. The fourth-order valence-corrected chi connectivity index (χ4v) is 3.21. The van der Waals surface area contributed by atoms with E-state index in [1.54, 1.807) is 24.3 Å². The van der Waals surface area contributed by atoms with E-state index in [2.05, 4.69) is 0 Å². The van der Waals surface area contributed by atoms with Crippen molar-refractivity contribution in [1.82, 2.24) is 0 Å². The molecule has 3 rings (SSSR count). The molecule has 0 bridgehead atoms. The second-order valence-corrected chi connectivity index (χ2v) is 6.34. The molecule has 1 saturated heterocycles. The number of carbonyl (C=O) groups excluding carboxylic acids is 2. The van der Waals surface area contributed by atoms with Crippen molar-refractivity contribution in [1.29, 1.82) is 0 Å². The number of benzene rings is 2. The summed E-state index contributed by atoms with van der Waals surface area (Å²) in [6, 6.07) is 16.4. The van der Waals surface area contributed by atoms with Gasteiger partial charge in [-0.2, -0.15) is 0 Å². The number of carboxylic acid groups (broad SMARTS) is 1. The number of aliphatic carboxylic acids is 1. The van der Waals surface area contributed by atoms with Crippen LogP contribution in [0.2, 0.25) is 0 Å². The predicted molar refractivity (Wildman–Crippen MR) is 98.6 cm³/mol. The van der Waals surface area contributed by atoms with Gasteiger partial charge < -0.3 is 5.11 Å². The highest BCUT2D eigenvalue weighted by Crippen LogP contribution is 2.35. The number of hydrogen-bond donors (Lipinski definition) is 1. The SMILES string of the molecule is C[C@@H](c1ccccc1)[C@@H]1CC(=O)N(c2ccc(/C=C/C(=O)O)cc2)C1=O. The van der Waals surface area contributed by atoms with Crippen LogP contribution in [-0.2, 0) is 14.4 Å². The zero-order chi connectivity index (χ0) is 18.7. The summed E-state index contributed by atoms with van der Waals surface area (Å²) in [4.78, 5) is 37.1. The number of imide groups is 1. The third kappa shape index (κ3) is 3.57. The van der Waals surface area contributed by atoms with Crippen molar-refractivity contribution in [3.05, 3.63) is 71.8 Å². The Kier molecular flexibility index (Phi) is 4.98. The fourth-order valence-electron chi connectivity index (χ4n) is 3.21. The molecule has 0 radical (unpaired) electrons. The van der Waals surface area contributed by atoms with E-state index in [-0.39, 0.29) is 30.1 Å². The first-order valence-corrected chi connectivity index (χ1v) is 8.40. The lowest BCUT2D eigenvalue weighted by Gasteiger charge is -2.19. The van der Waals surface area contributed by atoms with Crippen LogP contribution in [-0.4, -0.2) is 22.9 Å². The van der Waals surface area contributed by atoms with Gasteiger partial charge in [0, 0.05) is 12.5 Å². The number of carboxylic acids is 1. The Bertz CT molecular complexity index is 855. The maximum atomic E-state index is 12.8. The van der Waals surface area contributed by atoms with E-state index in [0.717, 1.165) is 11.6 Å². The molecule has 0 spiro atoms. The molecule has 1 aliphatic rings. The quantitative estimate of drug-likeness (QED) is 0.662. The molecule has 0 aromatic heterocycles. The molecule has 5 nitrogen and oxygen atoms in total. The summed E-state index contributed by atoms with van der Waals surface area (Å²) >= 11 is 0. The largest absolute Gasteiger partial charge is 0.478 e. The lowest BCUT2D eigenvalue weighted by Crippen LogP contribution is -2.31. The molecule has 1 heterocycles. The average Bonchev–Trinajstić information content (AvgIpc) is 2.95. The number of anilines is 1. The van der Waals surface area contributed by atoms with Gasteiger partial charge in [0.1, 0.15) is 0 Å². The molecule has 26 heavy (non-hydrogen) atoms. The number of hydrogen-bond acceptors (Lipinski definition) is 3. The minimum absolute atomic E-state index is 0.0459. The first-order chi connectivity index (χ1) is 12.5. The summed E-state index contributed by atoms with van der Waals surface area (Å²) in [5.74, 6) is -1.86. The minimum atomic E-state index is -1.03. The Balaban J connectivity index is 1.80. The van der Waals surface area contributed by atoms with Gasteiger partial charge in [-0.05, 0) is 35.3 Å². The fraction of sp³-hybridized carbons (Fsp3) is 0.190. The van der Waals surface area contributed by atoms with Gasteiger partial charge in [0.05, 0.1) is 11.6 Å². The van der Waals surface area contributed by atoms with E-state index >= 15 is 0 Å². The van der Waals surface area contributed by atoms with Crippen molar-refractivity contribution < 1.29 is 19.5 Å².